The summed E-state index contributed by atoms with van der Waals surface area (Å²) in [5.74, 6) is 2.01. The monoisotopic (exact) mass is 475 g/mol. The van der Waals surface area contributed by atoms with Gasteiger partial charge in [-0.3, -0.25) is 0 Å². The molecule has 0 spiro atoms. The second kappa shape index (κ2) is 15.1. The van der Waals surface area contributed by atoms with Gasteiger partial charge in [0.25, 0.3) is 0 Å². The Morgan fingerprint density at radius 3 is 1.32 bits per heavy atom. The number of hydrogen-bond donors (Lipinski definition) is 0. The first-order valence-electron chi connectivity index (χ1n) is 8.90. The van der Waals surface area contributed by atoms with Gasteiger partial charge in [0, 0.05) is 0 Å². The van der Waals surface area contributed by atoms with E-state index in [9.17, 15) is 0 Å². The molecular formula is C20H40NTa-3. The molecule has 133 valence electrons. The minimum Gasteiger partial charge on any atom is -0.358 e. The smallest absolute Gasteiger partial charge is 0.358 e. The van der Waals surface area contributed by atoms with E-state index in [0.717, 1.165) is 39.1 Å². The standard InChI is InChI=1S/2C7H13.C5H11N.CH3.Ta/c2*1-7-5-3-2-4-6-7;1-4-5(2,3)6;;/h2*2,7H,3-6H2,1H3;4H2,1-3H3;1H3;/q2*-1;;-1;. The predicted molar refractivity (Wildman–Crippen MR) is 97.1 cm³/mol. The molecule has 0 atom stereocenters. The van der Waals surface area contributed by atoms with Crippen molar-refractivity contribution in [2.75, 3.05) is 0 Å². The quantitative estimate of drug-likeness (QED) is 0.376. The fourth-order valence-electron chi connectivity index (χ4n) is 2.26. The summed E-state index contributed by atoms with van der Waals surface area (Å²) in [4.78, 5) is 0. The van der Waals surface area contributed by atoms with Crippen LogP contribution in [0.1, 0.15) is 92.4 Å². The van der Waals surface area contributed by atoms with Gasteiger partial charge in [-0.15, -0.1) is 0 Å². The molecule has 2 aliphatic rings. The molecule has 2 heteroatoms. The maximum absolute atomic E-state index is 4.25. The Kier molecular flexibility index (Phi) is 17.0. The van der Waals surface area contributed by atoms with Gasteiger partial charge in [-0.25, -0.2) is 0 Å². The van der Waals surface area contributed by atoms with Crippen molar-refractivity contribution in [3.05, 3.63) is 20.3 Å². The van der Waals surface area contributed by atoms with Crippen LogP contribution in [0.2, 0.25) is 0 Å². The van der Waals surface area contributed by atoms with Crippen molar-refractivity contribution in [3.8, 4) is 0 Å². The maximum Gasteiger partial charge on any atom is -0.358 e. The molecule has 0 radical (unpaired) electrons. The van der Waals surface area contributed by atoms with Gasteiger partial charge in [0.05, 0.1) is 0 Å². The second-order valence-electron chi connectivity index (χ2n) is 7.36. The zero-order chi connectivity index (χ0) is 16.1. The molecule has 2 aliphatic carbocycles. The Labute approximate surface area is 154 Å². The Hall–Kier alpha value is 0.540. The molecule has 0 N–H and O–H groups in total. The van der Waals surface area contributed by atoms with E-state index < -0.39 is 0 Å². The third kappa shape index (κ3) is 15.4. The van der Waals surface area contributed by atoms with Crippen LogP contribution in [-0.4, -0.2) is 5.54 Å². The van der Waals surface area contributed by atoms with E-state index >= 15 is 0 Å². The molecule has 0 heterocycles. The first-order chi connectivity index (χ1) is 9.91. The van der Waals surface area contributed by atoms with Gasteiger partial charge in [0.15, 0.2) is 0 Å². The molecule has 0 unspecified atom stereocenters. The minimum atomic E-state index is 0. The fraction of sp³-hybridized carbons (Fsp3) is 0.850. The van der Waals surface area contributed by atoms with E-state index in [1.165, 1.54) is 51.4 Å². The molecule has 0 saturated heterocycles. The third-order valence-corrected chi connectivity index (χ3v) is 6.54. The molecular weight excluding hydrogens is 435 g/mol. The average molecular weight is 475 g/mol. The Morgan fingerprint density at radius 1 is 0.909 bits per heavy atom. The molecule has 0 aliphatic heterocycles. The summed E-state index contributed by atoms with van der Waals surface area (Å²) in [6, 6.07) is 0. The summed E-state index contributed by atoms with van der Waals surface area (Å²) >= 11 is 1.16. The van der Waals surface area contributed by atoms with Crippen LogP contribution in [0.15, 0.2) is 3.34 Å². The van der Waals surface area contributed by atoms with Crippen LogP contribution in [0.4, 0.5) is 0 Å². The van der Waals surface area contributed by atoms with Crippen LogP contribution in [-0.2, 0) is 20.9 Å². The Morgan fingerprint density at radius 2 is 1.23 bits per heavy atom. The van der Waals surface area contributed by atoms with Crippen LogP contribution in [0.5, 0.6) is 0 Å². The Bertz CT molecular complexity index is 222. The van der Waals surface area contributed by atoms with Crippen molar-refractivity contribution in [2.24, 2.45) is 15.2 Å². The third-order valence-electron chi connectivity index (χ3n) is 4.59. The SMILES string of the molecule is CC1CC[CH-]CC1.CC1CC[CH-]CC1.CCC(C)(C)[N]=[Ta].[CH3-]. The fourth-order valence-corrected chi connectivity index (χ4v) is 2.77. The summed E-state index contributed by atoms with van der Waals surface area (Å²) in [6.45, 7) is 11.2. The van der Waals surface area contributed by atoms with E-state index in [2.05, 4.69) is 50.8 Å². The van der Waals surface area contributed by atoms with Crippen LogP contribution >= 0.6 is 0 Å². The van der Waals surface area contributed by atoms with Gasteiger partial charge in [0.1, 0.15) is 0 Å². The first-order valence-corrected chi connectivity index (χ1v) is 10.3. The van der Waals surface area contributed by atoms with Crippen molar-refractivity contribution in [1.29, 1.82) is 0 Å². The summed E-state index contributed by atoms with van der Waals surface area (Å²) < 4.78 is 4.25. The molecule has 0 aromatic heterocycles. The van der Waals surface area contributed by atoms with E-state index in [0.29, 0.717) is 0 Å². The van der Waals surface area contributed by atoms with Gasteiger partial charge in [-0.2, -0.15) is 25.7 Å². The van der Waals surface area contributed by atoms with Crippen LogP contribution < -0.4 is 0 Å². The minimum absolute atomic E-state index is 0. The molecule has 0 bridgehead atoms. The zero-order valence-corrected chi connectivity index (χ0v) is 19.3. The summed E-state index contributed by atoms with van der Waals surface area (Å²) in [6.07, 6.45) is 17.1. The first kappa shape index (κ1) is 24.8. The molecule has 2 rings (SSSR count). The molecule has 0 amide bonds. The topological polar surface area (TPSA) is 12.4 Å². The van der Waals surface area contributed by atoms with Crippen molar-refractivity contribution in [3.63, 3.8) is 0 Å². The number of rotatable bonds is 2. The van der Waals surface area contributed by atoms with Gasteiger partial charge in [-0.1, -0.05) is 39.5 Å². The van der Waals surface area contributed by atoms with Crippen LogP contribution in [0.3, 0.4) is 0 Å². The molecule has 0 aromatic carbocycles. The van der Waals surface area contributed by atoms with E-state index in [1.807, 2.05) is 0 Å². The molecule has 1 nitrogen and oxygen atoms in total. The second-order valence-corrected chi connectivity index (χ2v) is 8.08. The van der Waals surface area contributed by atoms with Gasteiger partial charge < -0.3 is 20.3 Å². The van der Waals surface area contributed by atoms with Crippen LogP contribution in [0, 0.1) is 32.1 Å². The van der Waals surface area contributed by atoms with E-state index in [4.69, 9.17) is 0 Å². The van der Waals surface area contributed by atoms with Crippen molar-refractivity contribution >= 4 is 0 Å². The van der Waals surface area contributed by atoms with Crippen molar-refractivity contribution in [2.45, 2.75) is 97.9 Å². The summed E-state index contributed by atoms with van der Waals surface area (Å²) in [7, 11) is 0. The van der Waals surface area contributed by atoms with Crippen molar-refractivity contribution < 1.29 is 20.9 Å². The van der Waals surface area contributed by atoms with E-state index in [-0.39, 0.29) is 13.0 Å². The van der Waals surface area contributed by atoms with Gasteiger partial charge >= 0.3 is 57.0 Å². The molecule has 2 fully saturated rings. The number of hydrogen-bond acceptors (Lipinski definition) is 1. The Balaban J connectivity index is 0. The molecule has 0 aromatic rings. The van der Waals surface area contributed by atoms with Gasteiger partial charge in [0.2, 0.25) is 0 Å². The maximum atomic E-state index is 4.25. The largest absolute Gasteiger partial charge is 0.358 e. The van der Waals surface area contributed by atoms with Crippen LogP contribution in [0.25, 0.3) is 0 Å². The summed E-state index contributed by atoms with van der Waals surface area (Å²) in [5.41, 5.74) is 0.258. The van der Waals surface area contributed by atoms with Gasteiger partial charge in [-0.05, 0) is 11.8 Å². The predicted octanol–water partition coefficient (Wildman–Crippen LogP) is 7.16. The van der Waals surface area contributed by atoms with E-state index in [1.54, 1.807) is 0 Å². The summed E-state index contributed by atoms with van der Waals surface area (Å²) in [5, 5.41) is 0. The zero-order valence-electron chi connectivity index (χ0n) is 16.1. The van der Waals surface area contributed by atoms with Crippen molar-refractivity contribution in [1.82, 2.24) is 0 Å². The molecule has 22 heavy (non-hydrogen) atoms. The average Bonchev–Trinajstić information content (AvgIpc) is 2.50. The molecule has 2 saturated carbocycles. The normalized spacial score (nSPS) is 19.6. The number of nitrogens with zero attached hydrogens (tertiary/aromatic N) is 1.